The van der Waals surface area contributed by atoms with Crippen molar-refractivity contribution < 1.29 is 9.90 Å². The maximum atomic E-state index is 11.1. The van der Waals surface area contributed by atoms with Crippen molar-refractivity contribution in [1.29, 1.82) is 0 Å². The zero-order chi connectivity index (χ0) is 12.6. The number of halogens is 1. The second kappa shape index (κ2) is 4.96. The van der Waals surface area contributed by atoms with Crippen molar-refractivity contribution in [2.45, 2.75) is 39.5 Å². The molecule has 0 aromatic heterocycles. The van der Waals surface area contributed by atoms with E-state index in [1.165, 1.54) is 30.4 Å². The fourth-order valence-corrected chi connectivity index (χ4v) is 3.32. The maximum absolute atomic E-state index is 11.1. The van der Waals surface area contributed by atoms with Crippen LogP contribution in [0.15, 0.2) is 6.07 Å². The van der Waals surface area contributed by atoms with Crippen LogP contribution < -0.4 is 0 Å². The first-order chi connectivity index (χ1) is 8.00. The molecular formula is C14H17IO2. The van der Waals surface area contributed by atoms with Crippen LogP contribution in [0.1, 0.15) is 46.3 Å². The molecule has 0 atom stereocenters. The Hall–Kier alpha value is -0.580. The predicted octanol–water partition coefficient (Wildman–Crippen LogP) is 3.95. The summed E-state index contributed by atoms with van der Waals surface area (Å²) in [5, 5.41) is 9.14. The molecule has 1 aliphatic rings. The highest BCUT2D eigenvalue weighted by Gasteiger charge is 2.22. The zero-order valence-electron chi connectivity index (χ0n) is 10.2. The first-order valence-electron chi connectivity index (χ1n) is 6.02. The first kappa shape index (κ1) is 12.9. The Labute approximate surface area is 116 Å². The monoisotopic (exact) mass is 344 g/mol. The third-order valence-electron chi connectivity index (χ3n) is 3.93. The van der Waals surface area contributed by atoms with Crippen LogP contribution >= 0.6 is 22.6 Å². The largest absolute Gasteiger partial charge is 0.478 e. The quantitative estimate of drug-likeness (QED) is 0.843. The molecule has 3 heteroatoms. The molecule has 2 rings (SSSR count). The van der Waals surface area contributed by atoms with Gasteiger partial charge in [0, 0.05) is 3.57 Å². The van der Waals surface area contributed by atoms with Gasteiger partial charge in [-0.1, -0.05) is 19.3 Å². The average molecular weight is 344 g/mol. The van der Waals surface area contributed by atoms with E-state index in [0.29, 0.717) is 5.56 Å². The van der Waals surface area contributed by atoms with Crippen LogP contribution in [0, 0.1) is 23.3 Å². The van der Waals surface area contributed by atoms with E-state index in [4.69, 9.17) is 5.11 Å². The molecule has 1 aromatic rings. The van der Waals surface area contributed by atoms with Gasteiger partial charge in [-0.3, -0.25) is 0 Å². The Morgan fingerprint density at radius 1 is 1.41 bits per heavy atom. The summed E-state index contributed by atoms with van der Waals surface area (Å²) in [6.45, 7) is 3.97. The molecule has 1 aliphatic carbocycles. The number of hydrogen-bond donors (Lipinski definition) is 1. The fraction of sp³-hybridized carbons (Fsp3) is 0.500. The van der Waals surface area contributed by atoms with Crippen molar-refractivity contribution in [3.8, 4) is 0 Å². The second-order valence-electron chi connectivity index (χ2n) is 4.94. The van der Waals surface area contributed by atoms with Crippen molar-refractivity contribution in [2.75, 3.05) is 0 Å². The molecule has 1 N–H and O–H groups in total. The van der Waals surface area contributed by atoms with Gasteiger partial charge in [0.05, 0.1) is 5.56 Å². The molecule has 0 amide bonds. The third-order valence-corrected chi connectivity index (χ3v) is 4.89. The summed E-state index contributed by atoms with van der Waals surface area (Å²) in [7, 11) is 0. The van der Waals surface area contributed by atoms with E-state index in [-0.39, 0.29) is 0 Å². The van der Waals surface area contributed by atoms with Crippen LogP contribution in [-0.2, 0) is 6.42 Å². The highest BCUT2D eigenvalue weighted by Crippen LogP contribution is 2.33. The Kier molecular flexibility index (Phi) is 3.76. The SMILES string of the molecule is Cc1c(C(=O)O)cc(I)c(CC2CCC2)c1C. The molecule has 0 aliphatic heterocycles. The smallest absolute Gasteiger partial charge is 0.335 e. The minimum absolute atomic E-state index is 0.448. The first-order valence-corrected chi connectivity index (χ1v) is 7.10. The van der Waals surface area contributed by atoms with E-state index >= 15 is 0 Å². The average Bonchev–Trinajstić information content (AvgIpc) is 2.20. The van der Waals surface area contributed by atoms with Crippen LogP contribution in [0.25, 0.3) is 0 Å². The Morgan fingerprint density at radius 2 is 2.06 bits per heavy atom. The molecule has 0 bridgehead atoms. The minimum atomic E-state index is -0.821. The number of carboxylic acid groups (broad SMARTS) is 1. The van der Waals surface area contributed by atoms with E-state index in [1.807, 2.05) is 13.0 Å². The molecular weight excluding hydrogens is 327 g/mol. The number of benzene rings is 1. The van der Waals surface area contributed by atoms with E-state index < -0.39 is 5.97 Å². The van der Waals surface area contributed by atoms with Crippen molar-refractivity contribution in [3.63, 3.8) is 0 Å². The molecule has 1 aromatic carbocycles. The molecule has 2 nitrogen and oxygen atoms in total. The standard InChI is InChI=1S/C14H17IO2/c1-8-9(2)12(14(16)17)7-13(15)11(8)6-10-4-3-5-10/h7,10H,3-6H2,1-2H3,(H,16,17). The number of carbonyl (C=O) groups is 1. The number of rotatable bonds is 3. The molecule has 92 valence electrons. The molecule has 0 radical (unpaired) electrons. The summed E-state index contributed by atoms with van der Waals surface area (Å²) in [6, 6.07) is 1.82. The van der Waals surface area contributed by atoms with Crippen LogP contribution in [0.2, 0.25) is 0 Å². The molecule has 1 saturated carbocycles. The van der Waals surface area contributed by atoms with Crippen LogP contribution in [0.4, 0.5) is 0 Å². The van der Waals surface area contributed by atoms with Gasteiger partial charge in [0.2, 0.25) is 0 Å². The van der Waals surface area contributed by atoms with Gasteiger partial charge in [-0.2, -0.15) is 0 Å². The van der Waals surface area contributed by atoms with Crippen LogP contribution in [0.5, 0.6) is 0 Å². The summed E-state index contributed by atoms with van der Waals surface area (Å²) in [5.41, 5.74) is 3.90. The Balaban J connectivity index is 2.38. The number of aromatic carboxylic acids is 1. The minimum Gasteiger partial charge on any atom is -0.478 e. The summed E-state index contributed by atoms with van der Waals surface area (Å²) >= 11 is 2.27. The molecule has 0 unspecified atom stereocenters. The van der Waals surface area contributed by atoms with Crippen molar-refractivity contribution in [1.82, 2.24) is 0 Å². The Morgan fingerprint density at radius 3 is 2.53 bits per heavy atom. The molecule has 0 saturated heterocycles. The van der Waals surface area contributed by atoms with Gasteiger partial charge in [0.25, 0.3) is 0 Å². The van der Waals surface area contributed by atoms with E-state index in [2.05, 4.69) is 29.5 Å². The van der Waals surface area contributed by atoms with E-state index in [1.54, 1.807) is 0 Å². The lowest BCUT2D eigenvalue weighted by Crippen LogP contribution is -2.16. The number of hydrogen-bond acceptors (Lipinski definition) is 1. The molecule has 1 fully saturated rings. The summed E-state index contributed by atoms with van der Waals surface area (Å²) < 4.78 is 1.11. The zero-order valence-corrected chi connectivity index (χ0v) is 12.4. The Bertz CT molecular complexity index is 462. The van der Waals surface area contributed by atoms with Gasteiger partial charge in [-0.05, 0) is 71.5 Å². The highest BCUT2D eigenvalue weighted by atomic mass is 127. The van der Waals surface area contributed by atoms with Gasteiger partial charge < -0.3 is 5.11 Å². The van der Waals surface area contributed by atoms with E-state index in [9.17, 15) is 4.79 Å². The second-order valence-corrected chi connectivity index (χ2v) is 6.10. The van der Waals surface area contributed by atoms with Crippen molar-refractivity contribution in [3.05, 3.63) is 31.9 Å². The van der Waals surface area contributed by atoms with Gasteiger partial charge in [-0.25, -0.2) is 4.79 Å². The van der Waals surface area contributed by atoms with Crippen LogP contribution in [0.3, 0.4) is 0 Å². The molecule has 0 heterocycles. The number of carboxylic acids is 1. The lowest BCUT2D eigenvalue weighted by Gasteiger charge is -2.27. The molecule has 0 spiro atoms. The lowest BCUT2D eigenvalue weighted by molar-refractivity contribution is 0.0696. The predicted molar refractivity (Wildman–Crippen MR) is 76.6 cm³/mol. The summed E-state index contributed by atoms with van der Waals surface area (Å²) in [4.78, 5) is 11.1. The normalized spacial score (nSPS) is 15.7. The van der Waals surface area contributed by atoms with Gasteiger partial charge in [-0.15, -0.1) is 0 Å². The van der Waals surface area contributed by atoms with E-state index in [0.717, 1.165) is 21.5 Å². The highest BCUT2D eigenvalue weighted by molar-refractivity contribution is 14.1. The topological polar surface area (TPSA) is 37.3 Å². The lowest BCUT2D eigenvalue weighted by atomic mass is 9.79. The van der Waals surface area contributed by atoms with Gasteiger partial charge >= 0.3 is 5.97 Å². The van der Waals surface area contributed by atoms with Gasteiger partial charge in [0.1, 0.15) is 0 Å². The maximum Gasteiger partial charge on any atom is 0.335 e. The van der Waals surface area contributed by atoms with Gasteiger partial charge in [0.15, 0.2) is 0 Å². The van der Waals surface area contributed by atoms with Crippen LogP contribution in [-0.4, -0.2) is 11.1 Å². The van der Waals surface area contributed by atoms with Crippen molar-refractivity contribution >= 4 is 28.6 Å². The third kappa shape index (κ3) is 2.49. The summed E-state index contributed by atoms with van der Waals surface area (Å²) in [6.07, 6.45) is 5.13. The molecule has 17 heavy (non-hydrogen) atoms. The summed E-state index contributed by atoms with van der Waals surface area (Å²) in [5.74, 6) is -0.00370. The fourth-order valence-electron chi connectivity index (χ4n) is 2.39. The van der Waals surface area contributed by atoms with Crippen molar-refractivity contribution in [2.24, 2.45) is 5.92 Å².